The summed E-state index contributed by atoms with van der Waals surface area (Å²) in [6.45, 7) is 6.51. The van der Waals surface area contributed by atoms with Crippen molar-refractivity contribution in [2.75, 3.05) is 24.7 Å². The molecule has 0 bridgehead atoms. The first-order valence-corrected chi connectivity index (χ1v) is 5.20. The third kappa shape index (κ3) is 2.64. The first-order valence-electron chi connectivity index (χ1n) is 5.20. The fraction of sp³-hybridized carbons (Fsp3) is 0.600. The first kappa shape index (κ1) is 10.3. The van der Waals surface area contributed by atoms with Crippen LogP contribution in [0.4, 0.5) is 5.82 Å². The summed E-state index contributed by atoms with van der Waals surface area (Å²) in [6, 6.07) is 1.87. The zero-order chi connectivity index (χ0) is 10.7. The highest BCUT2D eigenvalue weighted by molar-refractivity contribution is 5.34. The molecule has 1 aromatic heterocycles. The summed E-state index contributed by atoms with van der Waals surface area (Å²) in [6.07, 6.45) is 1.92. The summed E-state index contributed by atoms with van der Waals surface area (Å²) in [5.41, 5.74) is 0. The summed E-state index contributed by atoms with van der Waals surface area (Å²) in [7, 11) is 0. The molecule has 1 saturated heterocycles. The van der Waals surface area contributed by atoms with Crippen LogP contribution in [0.1, 0.15) is 12.7 Å². The van der Waals surface area contributed by atoms with Gasteiger partial charge in [0.05, 0.1) is 12.6 Å². The summed E-state index contributed by atoms with van der Waals surface area (Å²) in [4.78, 5) is 14.1. The predicted molar refractivity (Wildman–Crippen MR) is 57.5 cm³/mol. The minimum absolute atomic E-state index is 0.169. The number of hydrogen-bond donors (Lipinski definition) is 1. The summed E-state index contributed by atoms with van der Waals surface area (Å²) >= 11 is 0. The average molecular weight is 208 g/mol. The third-order valence-corrected chi connectivity index (χ3v) is 2.25. The maximum Gasteiger partial charge on any atom is 0.156 e. The van der Waals surface area contributed by atoms with Crippen LogP contribution in [0.25, 0.3) is 0 Å². The second-order valence-corrected chi connectivity index (χ2v) is 3.68. The molecule has 0 aromatic carbocycles. The van der Waals surface area contributed by atoms with Crippen LogP contribution in [-0.4, -0.2) is 35.7 Å². The van der Waals surface area contributed by atoms with Gasteiger partial charge < -0.3 is 5.32 Å². The molecule has 0 unspecified atom stereocenters. The molecule has 0 spiro atoms. The van der Waals surface area contributed by atoms with E-state index in [1.165, 1.54) is 0 Å². The Morgan fingerprint density at radius 2 is 2.47 bits per heavy atom. The van der Waals surface area contributed by atoms with Crippen molar-refractivity contribution in [3.8, 4) is 0 Å². The Balaban J connectivity index is 2.14. The van der Waals surface area contributed by atoms with E-state index in [1.807, 2.05) is 25.0 Å². The molecule has 1 atom stereocenters. The fourth-order valence-electron chi connectivity index (χ4n) is 1.54. The molecule has 2 heterocycles. The molecular weight excluding hydrogens is 192 g/mol. The third-order valence-electron chi connectivity index (χ3n) is 2.25. The number of nitrogens with zero attached hydrogens (tertiary/aromatic N) is 3. The molecule has 1 aliphatic rings. The molecule has 0 radical (unpaired) electrons. The Bertz CT molecular complexity index is 331. The second-order valence-electron chi connectivity index (χ2n) is 3.68. The van der Waals surface area contributed by atoms with Crippen LogP contribution in [0.15, 0.2) is 12.3 Å². The van der Waals surface area contributed by atoms with Crippen LogP contribution in [0.5, 0.6) is 0 Å². The van der Waals surface area contributed by atoms with Gasteiger partial charge in [-0.2, -0.15) is 0 Å². The Labute approximate surface area is 89.4 Å². The smallest absolute Gasteiger partial charge is 0.156 e. The van der Waals surface area contributed by atoms with Gasteiger partial charge in [0.25, 0.3) is 0 Å². The monoisotopic (exact) mass is 208 g/mol. The van der Waals surface area contributed by atoms with E-state index >= 15 is 0 Å². The van der Waals surface area contributed by atoms with Crippen molar-refractivity contribution in [2.24, 2.45) is 0 Å². The number of aromatic nitrogens is 2. The van der Waals surface area contributed by atoms with Crippen LogP contribution < -0.4 is 10.4 Å². The zero-order valence-electron chi connectivity index (χ0n) is 9.10. The first-order chi connectivity index (χ1) is 7.25. The van der Waals surface area contributed by atoms with E-state index in [1.54, 1.807) is 6.20 Å². The maximum atomic E-state index is 5.73. The van der Waals surface area contributed by atoms with Gasteiger partial charge in [-0.1, -0.05) is 0 Å². The molecule has 82 valence electrons. The van der Waals surface area contributed by atoms with Gasteiger partial charge in [-0.3, -0.25) is 4.84 Å². The number of hydroxylamine groups is 1. The maximum absolute atomic E-state index is 5.73. The highest BCUT2D eigenvalue weighted by atomic mass is 16.7. The van der Waals surface area contributed by atoms with E-state index in [9.17, 15) is 0 Å². The van der Waals surface area contributed by atoms with Crippen molar-refractivity contribution >= 4 is 5.82 Å². The lowest BCUT2D eigenvalue weighted by Crippen LogP contribution is -2.29. The fourth-order valence-corrected chi connectivity index (χ4v) is 1.54. The Hall–Kier alpha value is -1.20. The van der Waals surface area contributed by atoms with E-state index in [4.69, 9.17) is 4.84 Å². The van der Waals surface area contributed by atoms with Crippen molar-refractivity contribution < 1.29 is 4.84 Å². The van der Waals surface area contributed by atoms with Crippen molar-refractivity contribution in [2.45, 2.75) is 20.0 Å². The predicted octanol–water partition coefficient (Wildman–Crippen LogP) is 0.515. The van der Waals surface area contributed by atoms with Gasteiger partial charge in [-0.05, 0) is 13.8 Å². The Morgan fingerprint density at radius 1 is 1.60 bits per heavy atom. The number of hydrogen-bond acceptors (Lipinski definition) is 5. The minimum Gasteiger partial charge on any atom is -0.312 e. The molecule has 1 N–H and O–H groups in total. The molecule has 15 heavy (non-hydrogen) atoms. The van der Waals surface area contributed by atoms with E-state index in [-0.39, 0.29) is 6.10 Å². The molecule has 5 nitrogen and oxygen atoms in total. The van der Waals surface area contributed by atoms with Gasteiger partial charge in [-0.25, -0.2) is 15.0 Å². The van der Waals surface area contributed by atoms with Gasteiger partial charge in [0, 0.05) is 25.4 Å². The zero-order valence-corrected chi connectivity index (χ0v) is 9.10. The number of aryl methyl sites for hydroxylation is 1. The van der Waals surface area contributed by atoms with Crippen molar-refractivity contribution in [1.29, 1.82) is 0 Å². The lowest BCUT2D eigenvalue weighted by atomic mass is 10.4. The topological polar surface area (TPSA) is 50.3 Å². The van der Waals surface area contributed by atoms with Crippen molar-refractivity contribution in [3.63, 3.8) is 0 Å². The largest absolute Gasteiger partial charge is 0.312 e. The number of anilines is 1. The van der Waals surface area contributed by atoms with E-state index in [2.05, 4.69) is 15.3 Å². The molecule has 5 heteroatoms. The molecule has 1 fully saturated rings. The Morgan fingerprint density at radius 3 is 3.27 bits per heavy atom. The molecule has 1 aliphatic heterocycles. The number of rotatable bonds is 1. The standard InChI is InChI=1S/C10H16N4O/c1-8-7-11-5-6-14(15-8)10-3-4-12-9(2)13-10/h3-4,8,11H,5-7H2,1-2H3/t8-/m0/s1. The average Bonchev–Trinajstić information content (AvgIpc) is 2.43. The van der Waals surface area contributed by atoms with E-state index < -0.39 is 0 Å². The van der Waals surface area contributed by atoms with Crippen LogP contribution in [0, 0.1) is 6.92 Å². The van der Waals surface area contributed by atoms with E-state index in [0.29, 0.717) is 0 Å². The molecule has 0 saturated carbocycles. The summed E-state index contributed by atoms with van der Waals surface area (Å²) < 4.78 is 0. The van der Waals surface area contributed by atoms with Gasteiger partial charge in [0.1, 0.15) is 5.82 Å². The highest BCUT2D eigenvalue weighted by Gasteiger charge is 2.16. The minimum atomic E-state index is 0.169. The summed E-state index contributed by atoms with van der Waals surface area (Å²) in [5.74, 6) is 1.60. The summed E-state index contributed by atoms with van der Waals surface area (Å²) in [5, 5.41) is 5.13. The van der Waals surface area contributed by atoms with Crippen LogP contribution in [0.2, 0.25) is 0 Å². The van der Waals surface area contributed by atoms with Crippen molar-refractivity contribution in [1.82, 2.24) is 15.3 Å². The Kier molecular flexibility index (Phi) is 3.13. The molecule has 0 amide bonds. The SMILES string of the molecule is Cc1nccc(N2CCNC[C@H](C)O2)n1. The van der Waals surface area contributed by atoms with E-state index in [0.717, 1.165) is 31.3 Å². The second kappa shape index (κ2) is 4.55. The van der Waals surface area contributed by atoms with Gasteiger partial charge >= 0.3 is 0 Å². The van der Waals surface area contributed by atoms with Crippen molar-refractivity contribution in [3.05, 3.63) is 18.1 Å². The lowest BCUT2D eigenvalue weighted by molar-refractivity contribution is 0.0572. The van der Waals surface area contributed by atoms with Gasteiger partial charge in [-0.15, -0.1) is 0 Å². The normalized spacial score (nSPS) is 22.5. The van der Waals surface area contributed by atoms with Crippen LogP contribution >= 0.6 is 0 Å². The van der Waals surface area contributed by atoms with Gasteiger partial charge in [0.2, 0.25) is 0 Å². The lowest BCUT2D eigenvalue weighted by Gasteiger charge is -2.22. The molecule has 2 rings (SSSR count). The van der Waals surface area contributed by atoms with Crippen LogP contribution in [0.3, 0.4) is 0 Å². The van der Waals surface area contributed by atoms with Crippen LogP contribution in [-0.2, 0) is 4.84 Å². The highest BCUT2D eigenvalue weighted by Crippen LogP contribution is 2.12. The molecular formula is C10H16N4O. The molecule has 1 aromatic rings. The molecule has 0 aliphatic carbocycles. The van der Waals surface area contributed by atoms with Gasteiger partial charge in [0.15, 0.2) is 5.82 Å². The quantitative estimate of drug-likeness (QED) is 0.729. The number of nitrogens with one attached hydrogen (secondary N) is 1.